The van der Waals surface area contributed by atoms with Crippen molar-refractivity contribution in [2.75, 3.05) is 19.1 Å². The normalized spacial score (nSPS) is 13.1. The van der Waals surface area contributed by atoms with Crippen LogP contribution >= 0.6 is 11.8 Å². The SMILES string of the molecule is CNC(CCSC)c1ccc2[nH]c(=O)[nH]c2c1. The minimum Gasteiger partial charge on any atom is -0.313 e. The second kappa shape index (κ2) is 5.42. The fraction of sp³-hybridized carbons (Fsp3) is 0.417. The first-order valence-electron chi connectivity index (χ1n) is 5.62. The third kappa shape index (κ3) is 2.73. The maximum Gasteiger partial charge on any atom is 0.323 e. The fourth-order valence-corrected chi connectivity index (χ4v) is 2.45. The summed E-state index contributed by atoms with van der Waals surface area (Å²) in [4.78, 5) is 16.7. The van der Waals surface area contributed by atoms with E-state index < -0.39 is 0 Å². The van der Waals surface area contributed by atoms with Crippen LogP contribution in [0.2, 0.25) is 0 Å². The molecule has 0 aliphatic heterocycles. The number of imidazole rings is 1. The second-order valence-corrected chi connectivity index (χ2v) is 4.99. The number of fused-ring (bicyclic) bond motifs is 1. The molecule has 1 unspecified atom stereocenters. The Morgan fingerprint density at radius 2 is 2.12 bits per heavy atom. The van der Waals surface area contributed by atoms with Gasteiger partial charge in [-0.3, -0.25) is 0 Å². The topological polar surface area (TPSA) is 60.7 Å². The molecule has 0 fully saturated rings. The van der Waals surface area contributed by atoms with Gasteiger partial charge in [0.05, 0.1) is 11.0 Å². The molecule has 1 aromatic carbocycles. The lowest BCUT2D eigenvalue weighted by atomic mass is 10.0. The van der Waals surface area contributed by atoms with Crippen molar-refractivity contribution in [3.63, 3.8) is 0 Å². The molecule has 1 atom stereocenters. The van der Waals surface area contributed by atoms with Crippen LogP contribution in [0.15, 0.2) is 23.0 Å². The van der Waals surface area contributed by atoms with Gasteiger partial charge in [0.25, 0.3) is 0 Å². The Morgan fingerprint density at radius 1 is 1.35 bits per heavy atom. The number of benzene rings is 1. The summed E-state index contributed by atoms with van der Waals surface area (Å²) < 4.78 is 0. The first kappa shape index (κ1) is 12.3. The largest absolute Gasteiger partial charge is 0.323 e. The highest BCUT2D eigenvalue weighted by molar-refractivity contribution is 7.98. The van der Waals surface area contributed by atoms with E-state index in [9.17, 15) is 4.79 Å². The van der Waals surface area contributed by atoms with E-state index in [4.69, 9.17) is 0 Å². The predicted octanol–water partition coefficient (Wildman–Crippen LogP) is 1.87. The molecule has 2 rings (SSSR count). The van der Waals surface area contributed by atoms with E-state index in [0.717, 1.165) is 23.2 Å². The van der Waals surface area contributed by atoms with Crippen LogP contribution in [0.5, 0.6) is 0 Å². The number of hydrogen-bond acceptors (Lipinski definition) is 3. The summed E-state index contributed by atoms with van der Waals surface area (Å²) in [6, 6.07) is 6.39. The molecule has 0 aliphatic rings. The minimum absolute atomic E-state index is 0.151. The van der Waals surface area contributed by atoms with Crippen LogP contribution in [0.4, 0.5) is 0 Å². The molecule has 0 amide bonds. The van der Waals surface area contributed by atoms with Gasteiger partial charge in [-0.15, -0.1) is 0 Å². The number of aromatic nitrogens is 2. The number of aromatic amines is 2. The molecule has 0 saturated carbocycles. The van der Waals surface area contributed by atoms with E-state index in [1.807, 2.05) is 30.9 Å². The molecule has 3 N–H and O–H groups in total. The minimum atomic E-state index is -0.151. The Labute approximate surface area is 104 Å². The van der Waals surface area contributed by atoms with Gasteiger partial charge in [0.15, 0.2) is 0 Å². The molecule has 17 heavy (non-hydrogen) atoms. The molecule has 0 saturated heterocycles. The summed E-state index contributed by atoms with van der Waals surface area (Å²) in [7, 11) is 1.97. The zero-order valence-corrected chi connectivity index (χ0v) is 10.9. The first-order valence-corrected chi connectivity index (χ1v) is 7.02. The standard InChI is InChI=1S/C12H17N3OS/c1-13-9(5-6-17-2)8-3-4-10-11(7-8)15-12(16)14-10/h3-4,7,9,13H,5-6H2,1-2H3,(H2,14,15,16). The maximum atomic E-state index is 11.2. The van der Waals surface area contributed by atoms with Crippen LogP contribution in [-0.2, 0) is 0 Å². The molecule has 0 radical (unpaired) electrons. The highest BCUT2D eigenvalue weighted by atomic mass is 32.2. The van der Waals surface area contributed by atoms with Gasteiger partial charge in [0.2, 0.25) is 0 Å². The smallest absolute Gasteiger partial charge is 0.313 e. The Hall–Kier alpha value is -1.20. The summed E-state index contributed by atoms with van der Waals surface area (Å²) in [5, 5.41) is 3.31. The lowest BCUT2D eigenvalue weighted by Crippen LogP contribution is -2.17. The van der Waals surface area contributed by atoms with Crippen molar-refractivity contribution in [1.29, 1.82) is 0 Å². The lowest BCUT2D eigenvalue weighted by Gasteiger charge is -2.15. The fourth-order valence-electron chi connectivity index (χ4n) is 1.98. The van der Waals surface area contributed by atoms with Crippen molar-refractivity contribution in [3.05, 3.63) is 34.2 Å². The highest BCUT2D eigenvalue weighted by Gasteiger charge is 2.09. The van der Waals surface area contributed by atoms with Crippen molar-refractivity contribution in [1.82, 2.24) is 15.3 Å². The molecule has 92 valence electrons. The molecule has 0 bridgehead atoms. The molecule has 5 heteroatoms. The van der Waals surface area contributed by atoms with Crippen LogP contribution in [0.25, 0.3) is 11.0 Å². The molecule has 2 aromatic rings. The number of H-pyrrole nitrogens is 2. The second-order valence-electron chi connectivity index (χ2n) is 4.01. The van der Waals surface area contributed by atoms with Gasteiger partial charge < -0.3 is 15.3 Å². The van der Waals surface area contributed by atoms with E-state index in [1.54, 1.807) is 0 Å². The Kier molecular flexibility index (Phi) is 3.91. The maximum absolute atomic E-state index is 11.2. The van der Waals surface area contributed by atoms with E-state index in [2.05, 4.69) is 27.6 Å². The van der Waals surface area contributed by atoms with Crippen molar-refractivity contribution < 1.29 is 0 Å². The van der Waals surface area contributed by atoms with Gasteiger partial charge in [-0.25, -0.2) is 4.79 Å². The van der Waals surface area contributed by atoms with Crippen molar-refractivity contribution in [2.45, 2.75) is 12.5 Å². The number of rotatable bonds is 5. The Balaban J connectivity index is 2.30. The van der Waals surface area contributed by atoms with Crippen molar-refractivity contribution >= 4 is 22.8 Å². The zero-order chi connectivity index (χ0) is 12.3. The van der Waals surface area contributed by atoms with Gasteiger partial charge in [-0.05, 0) is 43.2 Å². The number of hydrogen-bond donors (Lipinski definition) is 3. The molecular formula is C12H17N3OS. The molecular weight excluding hydrogens is 234 g/mol. The first-order chi connectivity index (χ1) is 8.24. The Morgan fingerprint density at radius 3 is 2.82 bits per heavy atom. The van der Waals surface area contributed by atoms with Gasteiger partial charge in [-0.2, -0.15) is 11.8 Å². The van der Waals surface area contributed by atoms with Crippen LogP contribution in [0.1, 0.15) is 18.0 Å². The molecule has 1 heterocycles. The summed E-state index contributed by atoms with van der Waals surface area (Å²) in [6.07, 6.45) is 3.19. The summed E-state index contributed by atoms with van der Waals surface area (Å²) >= 11 is 1.84. The predicted molar refractivity (Wildman–Crippen MR) is 73.7 cm³/mol. The van der Waals surface area contributed by atoms with Crippen LogP contribution < -0.4 is 11.0 Å². The van der Waals surface area contributed by atoms with Gasteiger partial charge in [0.1, 0.15) is 0 Å². The summed E-state index contributed by atoms with van der Waals surface area (Å²) in [6.45, 7) is 0. The molecule has 0 aliphatic carbocycles. The summed E-state index contributed by atoms with van der Waals surface area (Å²) in [5.41, 5.74) is 2.79. The average molecular weight is 251 g/mol. The highest BCUT2D eigenvalue weighted by Crippen LogP contribution is 2.21. The van der Waals surface area contributed by atoms with Gasteiger partial charge in [-0.1, -0.05) is 6.07 Å². The zero-order valence-electron chi connectivity index (χ0n) is 10.0. The van der Waals surface area contributed by atoms with E-state index in [-0.39, 0.29) is 5.69 Å². The van der Waals surface area contributed by atoms with E-state index >= 15 is 0 Å². The van der Waals surface area contributed by atoms with Crippen LogP contribution in [-0.4, -0.2) is 29.0 Å². The average Bonchev–Trinajstić information content (AvgIpc) is 2.69. The van der Waals surface area contributed by atoms with Crippen LogP contribution in [0.3, 0.4) is 0 Å². The molecule has 4 nitrogen and oxygen atoms in total. The molecule has 0 spiro atoms. The van der Waals surface area contributed by atoms with Crippen molar-refractivity contribution in [3.8, 4) is 0 Å². The monoisotopic (exact) mass is 251 g/mol. The van der Waals surface area contributed by atoms with E-state index in [1.165, 1.54) is 5.56 Å². The van der Waals surface area contributed by atoms with E-state index in [0.29, 0.717) is 6.04 Å². The lowest BCUT2D eigenvalue weighted by molar-refractivity contribution is 0.582. The number of nitrogens with one attached hydrogen (secondary N) is 3. The third-order valence-corrected chi connectivity index (χ3v) is 3.55. The van der Waals surface area contributed by atoms with Crippen LogP contribution in [0, 0.1) is 0 Å². The third-order valence-electron chi connectivity index (χ3n) is 2.90. The number of thioether (sulfide) groups is 1. The summed E-state index contributed by atoms with van der Waals surface area (Å²) in [5.74, 6) is 1.12. The van der Waals surface area contributed by atoms with Crippen molar-refractivity contribution in [2.24, 2.45) is 0 Å². The van der Waals surface area contributed by atoms with Gasteiger partial charge in [0, 0.05) is 6.04 Å². The quantitative estimate of drug-likeness (QED) is 0.760. The Bertz CT molecular complexity index is 546. The van der Waals surface area contributed by atoms with Gasteiger partial charge >= 0.3 is 5.69 Å². The molecule has 1 aromatic heterocycles.